The predicted molar refractivity (Wildman–Crippen MR) is 161 cm³/mol. The molecule has 0 unspecified atom stereocenters. The van der Waals surface area contributed by atoms with E-state index in [0.717, 1.165) is 33.3 Å². The number of nitrogens with one attached hydrogen (secondary N) is 2. The molecule has 1 aliphatic rings. The van der Waals surface area contributed by atoms with E-state index in [1.54, 1.807) is 29.2 Å². The van der Waals surface area contributed by atoms with Gasteiger partial charge in [-0.1, -0.05) is 78.9 Å². The van der Waals surface area contributed by atoms with Gasteiger partial charge in [0.15, 0.2) is 0 Å². The molecule has 42 heavy (non-hydrogen) atoms. The van der Waals surface area contributed by atoms with Crippen LogP contribution in [-0.4, -0.2) is 43.9 Å². The van der Waals surface area contributed by atoms with Crippen LogP contribution >= 0.6 is 0 Å². The average Bonchev–Trinajstić information content (AvgIpc) is 3.46. The Bertz CT molecular complexity index is 1670. The number of rotatable bonds is 8. The maximum absolute atomic E-state index is 14.1. The molecule has 2 heterocycles. The van der Waals surface area contributed by atoms with Gasteiger partial charge in [-0.05, 0) is 59.4 Å². The average molecular weight is 560 g/mol. The molecule has 8 heteroatoms. The summed E-state index contributed by atoms with van der Waals surface area (Å²) in [6.07, 6.45) is 1.21. The second-order valence-electron chi connectivity index (χ2n) is 10.8. The Kier molecular flexibility index (Phi) is 7.70. The van der Waals surface area contributed by atoms with Gasteiger partial charge in [-0.25, -0.2) is 4.98 Å². The standard InChI is InChI=1S/C34H33N5O3/c35-27(18-23-14-16-26(40)17-15-23)34(42)39-21-25-11-5-4-10-24(25)20-31(39)33(41)38-30(19-22-8-2-1-3-9-22)32-36-28-12-6-7-13-29(28)37-32/h1-17,27,30-31,40H,18-21,35H2,(H,36,37)(H,38,41)/t27-,30-,31-/m0/s1. The molecule has 0 bridgehead atoms. The molecule has 3 atom stereocenters. The lowest BCUT2D eigenvalue weighted by Gasteiger charge is -2.38. The van der Waals surface area contributed by atoms with Crippen LogP contribution in [0.4, 0.5) is 0 Å². The van der Waals surface area contributed by atoms with Crippen molar-refractivity contribution < 1.29 is 14.7 Å². The highest BCUT2D eigenvalue weighted by Gasteiger charge is 2.37. The number of fused-ring (bicyclic) bond motifs is 2. The van der Waals surface area contributed by atoms with Crippen molar-refractivity contribution in [2.45, 2.75) is 43.9 Å². The van der Waals surface area contributed by atoms with Crippen molar-refractivity contribution in [3.8, 4) is 5.75 Å². The molecular formula is C34H33N5O3. The largest absolute Gasteiger partial charge is 0.508 e. The molecule has 1 aliphatic heterocycles. The first-order valence-corrected chi connectivity index (χ1v) is 14.1. The third-order valence-corrected chi connectivity index (χ3v) is 7.88. The number of aromatic nitrogens is 2. The molecule has 0 radical (unpaired) electrons. The molecule has 0 saturated heterocycles. The fraction of sp³-hybridized carbons (Fsp3) is 0.206. The Balaban J connectivity index is 1.28. The minimum atomic E-state index is -0.842. The molecular weight excluding hydrogens is 526 g/mol. The topological polar surface area (TPSA) is 124 Å². The van der Waals surface area contributed by atoms with Crippen LogP contribution in [0.1, 0.15) is 34.1 Å². The monoisotopic (exact) mass is 559 g/mol. The number of aromatic amines is 1. The van der Waals surface area contributed by atoms with E-state index in [1.807, 2.05) is 78.9 Å². The lowest BCUT2D eigenvalue weighted by molar-refractivity contribution is -0.143. The van der Waals surface area contributed by atoms with E-state index >= 15 is 0 Å². The predicted octanol–water partition coefficient (Wildman–Crippen LogP) is 4.19. The Labute approximate surface area is 244 Å². The summed E-state index contributed by atoms with van der Waals surface area (Å²) in [6, 6.07) is 30.2. The van der Waals surface area contributed by atoms with Crippen molar-refractivity contribution in [2.75, 3.05) is 0 Å². The number of hydrogen-bond acceptors (Lipinski definition) is 5. The summed E-state index contributed by atoms with van der Waals surface area (Å²) < 4.78 is 0. The maximum Gasteiger partial charge on any atom is 0.243 e. The first-order valence-electron chi connectivity index (χ1n) is 14.1. The first kappa shape index (κ1) is 27.2. The van der Waals surface area contributed by atoms with Gasteiger partial charge in [-0.15, -0.1) is 0 Å². The van der Waals surface area contributed by atoms with Gasteiger partial charge in [0.2, 0.25) is 11.8 Å². The number of phenolic OH excluding ortho intramolecular Hbond substituents is 1. The first-order chi connectivity index (χ1) is 20.4. The Morgan fingerprint density at radius 3 is 2.31 bits per heavy atom. The summed E-state index contributed by atoms with van der Waals surface area (Å²) in [6.45, 7) is 0.296. The van der Waals surface area contributed by atoms with Crippen LogP contribution in [0, 0.1) is 0 Å². The van der Waals surface area contributed by atoms with Gasteiger partial charge in [0, 0.05) is 13.0 Å². The minimum Gasteiger partial charge on any atom is -0.508 e. The van der Waals surface area contributed by atoms with Crippen molar-refractivity contribution in [1.29, 1.82) is 0 Å². The molecule has 2 amide bonds. The minimum absolute atomic E-state index is 0.150. The van der Waals surface area contributed by atoms with Gasteiger partial charge >= 0.3 is 0 Å². The van der Waals surface area contributed by atoms with Crippen LogP contribution in [0.25, 0.3) is 11.0 Å². The highest BCUT2D eigenvalue weighted by Crippen LogP contribution is 2.26. The number of carbonyl (C=O) groups is 2. The zero-order chi connectivity index (χ0) is 29.1. The number of H-pyrrole nitrogens is 1. The second kappa shape index (κ2) is 11.9. The van der Waals surface area contributed by atoms with Crippen LogP contribution in [0.3, 0.4) is 0 Å². The third-order valence-electron chi connectivity index (χ3n) is 7.88. The SMILES string of the molecule is N[C@@H](Cc1ccc(O)cc1)C(=O)N1Cc2ccccc2C[C@H]1C(=O)N[C@@H](Cc1ccccc1)c1nc2ccccc2[nH]1. The zero-order valence-electron chi connectivity index (χ0n) is 23.1. The summed E-state index contributed by atoms with van der Waals surface area (Å²) in [5.74, 6) is 0.265. The molecule has 0 spiro atoms. The molecule has 0 fully saturated rings. The number of carbonyl (C=O) groups excluding carboxylic acids is 2. The molecule has 5 aromatic rings. The summed E-state index contributed by atoms with van der Waals surface area (Å²) in [4.78, 5) is 37.7. The van der Waals surface area contributed by atoms with Gasteiger partial charge in [-0.2, -0.15) is 0 Å². The number of phenols is 1. The van der Waals surface area contributed by atoms with Gasteiger partial charge in [0.05, 0.1) is 23.1 Å². The highest BCUT2D eigenvalue weighted by molar-refractivity contribution is 5.91. The fourth-order valence-corrected chi connectivity index (χ4v) is 5.65. The van der Waals surface area contributed by atoms with Crippen LogP contribution in [0.15, 0.2) is 103 Å². The number of benzene rings is 4. The van der Waals surface area contributed by atoms with E-state index in [0.29, 0.717) is 31.6 Å². The van der Waals surface area contributed by atoms with Crippen molar-refractivity contribution in [1.82, 2.24) is 20.2 Å². The molecule has 1 aromatic heterocycles. The molecule has 0 aliphatic carbocycles. The van der Waals surface area contributed by atoms with Gasteiger partial charge in [-0.3, -0.25) is 9.59 Å². The summed E-state index contributed by atoms with van der Waals surface area (Å²) >= 11 is 0. The quantitative estimate of drug-likeness (QED) is 0.227. The number of nitrogens with two attached hydrogens (primary N) is 1. The number of para-hydroxylation sites is 2. The van der Waals surface area contributed by atoms with Crippen LogP contribution in [0.5, 0.6) is 5.75 Å². The molecule has 8 nitrogen and oxygen atoms in total. The van der Waals surface area contributed by atoms with E-state index in [9.17, 15) is 14.7 Å². The fourth-order valence-electron chi connectivity index (χ4n) is 5.65. The van der Waals surface area contributed by atoms with Gasteiger partial charge < -0.3 is 26.0 Å². The van der Waals surface area contributed by atoms with E-state index < -0.39 is 18.1 Å². The Morgan fingerprint density at radius 2 is 1.55 bits per heavy atom. The molecule has 6 rings (SSSR count). The molecule has 5 N–H and O–H groups in total. The second-order valence-corrected chi connectivity index (χ2v) is 10.8. The van der Waals surface area contributed by atoms with Crippen molar-refractivity contribution in [3.05, 3.63) is 131 Å². The smallest absolute Gasteiger partial charge is 0.243 e. The maximum atomic E-state index is 14.1. The molecule has 4 aromatic carbocycles. The number of imidazole rings is 1. The number of amides is 2. The van der Waals surface area contributed by atoms with Crippen LogP contribution in [0.2, 0.25) is 0 Å². The lowest BCUT2D eigenvalue weighted by atomic mass is 9.92. The van der Waals surface area contributed by atoms with E-state index in [2.05, 4.69) is 10.3 Å². The van der Waals surface area contributed by atoms with E-state index in [1.165, 1.54) is 0 Å². The molecule has 212 valence electrons. The summed E-state index contributed by atoms with van der Waals surface area (Å²) in [7, 11) is 0. The summed E-state index contributed by atoms with van der Waals surface area (Å²) in [5.41, 5.74) is 12.1. The normalized spacial score (nSPS) is 16.0. The number of aromatic hydroxyl groups is 1. The molecule has 0 saturated carbocycles. The lowest BCUT2D eigenvalue weighted by Crippen LogP contribution is -2.57. The van der Waals surface area contributed by atoms with Crippen LogP contribution < -0.4 is 11.1 Å². The third kappa shape index (κ3) is 5.89. The Hall–Kier alpha value is -4.95. The van der Waals surface area contributed by atoms with Crippen molar-refractivity contribution in [2.24, 2.45) is 5.73 Å². The zero-order valence-corrected chi connectivity index (χ0v) is 23.1. The number of hydrogen-bond donors (Lipinski definition) is 4. The van der Waals surface area contributed by atoms with Crippen molar-refractivity contribution in [3.63, 3.8) is 0 Å². The van der Waals surface area contributed by atoms with Gasteiger partial charge in [0.25, 0.3) is 0 Å². The van der Waals surface area contributed by atoms with Gasteiger partial charge in [0.1, 0.15) is 17.6 Å². The van der Waals surface area contributed by atoms with E-state index in [-0.39, 0.29) is 17.6 Å². The van der Waals surface area contributed by atoms with E-state index in [4.69, 9.17) is 10.7 Å². The summed E-state index contributed by atoms with van der Waals surface area (Å²) in [5, 5.41) is 12.9. The Morgan fingerprint density at radius 1 is 0.881 bits per heavy atom. The number of nitrogens with zero attached hydrogens (tertiary/aromatic N) is 2. The highest BCUT2D eigenvalue weighted by atomic mass is 16.3. The van der Waals surface area contributed by atoms with Crippen LogP contribution in [-0.2, 0) is 35.4 Å². The van der Waals surface area contributed by atoms with Crippen molar-refractivity contribution >= 4 is 22.8 Å².